The van der Waals surface area contributed by atoms with Gasteiger partial charge in [0.25, 0.3) is 8.32 Å². The maximum absolute atomic E-state index is 14.0. The van der Waals surface area contributed by atoms with Crippen LogP contribution < -0.4 is 4.43 Å². The summed E-state index contributed by atoms with van der Waals surface area (Å²) in [6, 6.07) is 2.58. The van der Waals surface area contributed by atoms with Crippen LogP contribution in [0.4, 0.5) is 4.39 Å². The van der Waals surface area contributed by atoms with Gasteiger partial charge in [-0.1, -0.05) is 32.4 Å². The minimum absolute atomic E-state index is 0.0154. The maximum Gasteiger partial charge on any atom is 0.337 e. The number of carboxylic acid groups (broad SMARTS) is 1. The Morgan fingerprint density at radius 1 is 1.37 bits per heavy atom. The lowest BCUT2D eigenvalue weighted by Gasteiger charge is -2.36. The smallest absolute Gasteiger partial charge is 0.337 e. The zero-order valence-corrected chi connectivity index (χ0v) is 13.4. The summed E-state index contributed by atoms with van der Waals surface area (Å²) in [6.45, 7) is 10.1. The molecule has 1 aromatic carbocycles. The van der Waals surface area contributed by atoms with E-state index in [9.17, 15) is 9.18 Å². The molecule has 0 atom stereocenters. The van der Waals surface area contributed by atoms with E-state index >= 15 is 0 Å². The van der Waals surface area contributed by atoms with Crippen LogP contribution >= 0.6 is 11.6 Å². The monoisotopic (exact) mass is 304 g/mol. The van der Waals surface area contributed by atoms with E-state index in [-0.39, 0.29) is 16.4 Å². The van der Waals surface area contributed by atoms with Crippen LogP contribution in [0, 0.1) is 5.82 Å². The Bertz CT molecular complexity index is 509. The molecule has 0 saturated heterocycles. The lowest BCUT2D eigenvalue weighted by Crippen LogP contribution is -2.44. The number of carbonyl (C=O) groups is 1. The molecule has 0 fully saturated rings. The van der Waals surface area contributed by atoms with Crippen molar-refractivity contribution in [3.8, 4) is 5.75 Å². The molecular weight excluding hydrogens is 287 g/mol. The number of benzene rings is 1. The van der Waals surface area contributed by atoms with Crippen molar-refractivity contribution in [2.24, 2.45) is 0 Å². The zero-order valence-electron chi connectivity index (χ0n) is 11.7. The van der Waals surface area contributed by atoms with Crippen molar-refractivity contribution >= 4 is 25.9 Å². The first-order valence-corrected chi connectivity index (χ1v) is 9.16. The highest BCUT2D eigenvalue weighted by Crippen LogP contribution is 2.39. The summed E-state index contributed by atoms with van der Waals surface area (Å²) < 4.78 is 19.8. The third-order valence-corrected chi connectivity index (χ3v) is 8.16. The summed E-state index contributed by atoms with van der Waals surface area (Å²) >= 11 is 5.72. The van der Waals surface area contributed by atoms with E-state index in [0.29, 0.717) is 0 Å². The quantitative estimate of drug-likeness (QED) is 0.833. The molecule has 0 radical (unpaired) electrons. The van der Waals surface area contributed by atoms with Crippen LogP contribution in [0.2, 0.25) is 23.2 Å². The molecule has 19 heavy (non-hydrogen) atoms. The standard InChI is InChI=1S/C13H18ClFO3Si/c1-13(2,3)19(4,5)18-9-7-6-8(12(16)17)10(14)11(9)15/h6-7H,1-5H3,(H,16,17). The van der Waals surface area contributed by atoms with E-state index in [1.54, 1.807) is 0 Å². The van der Waals surface area contributed by atoms with Gasteiger partial charge in [-0.15, -0.1) is 0 Å². The second-order valence-corrected chi connectivity index (χ2v) is 11.0. The molecule has 1 aromatic rings. The fraction of sp³-hybridized carbons (Fsp3) is 0.462. The van der Waals surface area contributed by atoms with Gasteiger partial charge in [-0.25, -0.2) is 9.18 Å². The maximum atomic E-state index is 14.0. The summed E-state index contributed by atoms with van der Waals surface area (Å²) in [5, 5.41) is 8.36. The molecule has 0 spiro atoms. The van der Waals surface area contributed by atoms with Crippen molar-refractivity contribution in [1.29, 1.82) is 0 Å². The van der Waals surface area contributed by atoms with E-state index in [0.717, 1.165) is 0 Å². The van der Waals surface area contributed by atoms with Gasteiger partial charge in [0.2, 0.25) is 0 Å². The number of carboxylic acids is 1. The Morgan fingerprint density at radius 2 is 1.89 bits per heavy atom. The van der Waals surface area contributed by atoms with Gasteiger partial charge in [0.05, 0.1) is 10.6 Å². The van der Waals surface area contributed by atoms with Crippen molar-refractivity contribution in [1.82, 2.24) is 0 Å². The fourth-order valence-electron chi connectivity index (χ4n) is 1.20. The molecule has 0 aliphatic rings. The summed E-state index contributed by atoms with van der Waals surface area (Å²) in [6.07, 6.45) is 0. The van der Waals surface area contributed by atoms with Gasteiger partial charge in [-0.3, -0.25) is 0 Å². The molecule has 1 rings (SSSR count). The largest absolute Gasteiger partial charge is 0.542 e. The van der Waals surface area contributed by atoms with Crippen LogP contribution in [0.1, 0.15) is 31.1 Å². The van der Waals surface area contributed by atoms with Crippen LogP contribution in [0.3, 0.4) is 0 Å². The second-order valence-electron chi connectivity index (χ2n) is 5.91. The Kier molecular flexibility index (Phi) is 4.32. The number of rotatable bonds is 3. The predicted octanol–water partition coefficient (Wildman–Crippen LogP) is 4.56. The van der Waals surface area contributed by atoms with E-state index in [1.807, 2.05) is 33.9 Å². The van der Waals surface area contributed by atoms with Crippen molar-refractivity contribution < 1.29 is 18.7 Å². The summed E-state index contributed by atoms with van der Waals surface area (Å²) in [7, 11) is -2.19. The fourth-order valence-corrected chi connectivity index (χ4v) is 2.45. The van der Waals surface area contributed by atoms with Gasteiger partial charge in [-0.05, 0) is 30.3 Å². The molecule has 0 saturated carbocycles. The first kappa shape index (κ1) is 16.0. The molecular formula is C13H18ClFO3Si. The number of halogens is 2. The topological polar surface area (TPSA) is 46.5 Å². The molecule has 0 unspecified atom stereocenters. The molecule has 0 aliphatic heterocycles. The Hall–Kier alpha value is -1.07. The molecule has 0 heterocycles. The van der Waals surface area contributed by atoms with E-state index < -0.39 is 25.1 Å². The molecule has 0 amide bonds. The number of hydrogen-bond donors (Lipinski definition) is 1. The third kappa shape index (κ3) is 3.28. The molecule has 0 aromatic heterocycles. The van der Waals surface area contributed by atoms with Crippen molar-refractivity contribution in [3.63, 3.8) is 0 Å². The summed E-state index contributed by atoms with van der Waals surface area (Å²) in [4.78, 5) is 10.8. The zero-order chi connectivity index (χ0) is 15.0. The Labute approximate surface area is 118 Å². The third-order valence-electron chi connectivity index (χ3n) is 3.45. The highest BCUT2D eigenvalue weighted by Gasteiger charge is 2.39. The first-order chi connectivity index (χ1) is 8.47. The van der Waals surface area contributed by atoms with Gasteiger partial charge in [-0.2, -0.15) is 0 Å². The van der Waals surface area contributed by atoms with Gasteiger partial charge in [0.15, 0.2) is 5.82 Å². The molecule has 0 aliphatic carbocycles. The van der Waals surface area contributed by atoms with E-state index in [2.05, 4.69) is 0 Å². The molecule has 3 nitrogen and oxygen atoms in total. The van der Waals surface area contributed by atoms with Crippen LogP contribution in [0.5, 0.6) is 5.75 Å². The van der Waals surface area contributed by atoms with Gasteiger partial charge in [0, 0.05) is 0 Å². The van der Waals surface area contributed by atoms with Gasteiger partial charge in [0.1, 0.15) is 5.75 Å². The number of hydrogen-bond acceptors (Lipinski definition) is 2. The number of aromatic carboxylic acids is 1. The molecule has 1 N–H and O–H groups in total. The minimum Gasteiger partial charge on any atom is -0.542 e. The summed E-state index contributed by atoms with van der Waals surface area (Å²) in [5.41, 5.74) is -0.262. The van der Waals surface area contributed by atoms with Crippen molar-refractivity contribution in [3.05, 3.63) is 28.5 Å². The van der Waals surface area contributed by atoms with Crippen LogP contribution in [-0.2, 0) is 0 Å². The van der Waals surface area contributed by atoms with Crippen molar-refractivity contribution in [2.45, 2.75) is 38.9 Å². The van der Waals surface area contributed by atoms with Crippen LogP contribution in [0.15, 0.2) is 12.1 Å². The SMILES string of the molecule is CC(C)(C)[Si](C)(C)Oc1ccc(C(=O)O)c(Cl)c1F. The van der Waals surface area contributed by atoms with Crippen LogP contribution in [-0.4, -0.2) is 19.4 Å². The Balaban J connectivity index is 3.19. The van der Waals surface area contributed by atoms with Crippen molar-refractivity contribution in [2.75, 3.05) is 0 Å². The normalized spacial score (nSPS) is 12.4. The molecule has 106 valence electrons. The Morgan fingerprint density at radius 3 is 2.32 bits per heavy atom. The lowest BCUT2D eigenvalue weighted by atomic mass is 10.2. The highest BCUT2D eigenvalue weighted by atomic mass is 35.5. The average molecular weight is 305 g/mol. The van der Waals surface area contributed by atoms with Crippen LogP contribution in [0.25, 0.3) is 0 Å². The predicted molar refractivity (Wildman–Crippen MR) is 76.2 cm³/mol. The average Bonchev–Trinajstić information content (AvgIpc) is 2.22. The lowest BCUT2D eigenvalue weighted by molar-refractivity contribution is 0.0696. The molecule has 0 bridgehead atoms. The highest BCUT2D eigenvalue weighted by molar-refractivity contribution is 6.74. The molecule has 6 heteroatoms. The minimum atomic E-state index is -2.19. The summed E-state index contributed by atoms with van der Waals surface area (Å²) in [5.74, 6) is -2.06. The van der Waals surface area contributed by atoms with Gasteiger partial charge >= 0.3 is 5.97 Å². The second kappa shape index (κ2) is 5.13. The van der Waals surface area contributed by atoms with E-state index in [4.69, 9.17) is 21.1 Å². The van der Waals surface area contributed by atoms with Gasteiger partial charge < -0.3 is 9.53 Å². The first-order valence-electron chi connectivity index (χ1n) is 5.87. The van der Waals surface area contributed by atoms with E-state index in [1.165, 1.54) is 12.1 Å².